The van der Waals surface area contributed by atoms with Crippen LogP contribution >= 0.6 is 0 Å². The van der Waals surface area contributed by atoms with Gasteiger partial charge in [-0.2, -0.15) is 0 Å². The maximum Gasteiger partial charge on any atom is 0.257 e. The molecule has 0 fully saturated rings. The van der Waals surface area contributed by atoms with Crippen LogP contribution in [0.15, 0.2) is 42.6 Å². The van der Waals surface area contributed by atoms with Gasteiger partial charge < -0.3 is 15.1 Å². The van der Waals surface area contributed by atoms with E-state index < -0.39 is 0 Å². The first-order valence-electron chi connectivity index (χ1n) is 6.33. The predicted octanol–water partition coefficient (Wildman–Crippen LogP) is 2.16. The third-order valence-electron chi connectivity index (χ3n) is 2.96. The Balaban J connectivity index is 2.21. The first kappa shape index (κ1) is 13.9. The van der Waals surface area contributed by atoms with Gasteiger partial charge in [0.15, 0.2) is 0 Å². The van der Waals surface area contributed by atoms with Crippen LogP contribution in [0.2, 0.25) is 0 Å². The van der Waals surface area contributed by atoms with Gasteiger partial charge in [0.2, 0.25) is 0 Å². The summed E-state index contributed by atoms with van der Waals surface area (Å²) in [7, 11) is 0. The maximum absolute atomic E-state index is 12.4. The molecule has 0 bridgehead atoms. The third-order valence-corrected chi connectivity index (χ3v) is 2.96. The van der Waals surface area contributed by atoms with Crippen molar-refractivity contribution in [1.29, 1.82) is 0 Å². The second kappa shape index (κ2) is 6.06. The molecule has 0 spiro atoms. The smallest absolute Gasteiger partial charge is 0.257 e. The first-order chi connectivity index (χ1) is 9.61. The van der Waals surface area contributed by atoms with Crippen molar-refractivity contribution in [3.63, 3.8) is 0 Å². The van der Waals surface area contributed by atoms with Crippen LogP contribution in [0.1, 0.15) is 23.0 Å². The van der Waals surface area contributed by atoms with Crippen molar-refractivity contribution in [3.05, 3.63) is 53.9 Å². The first-order valence-corrected chi connectivity index (χ1v) is 6.33. The highest BCUT2D eigenvalue weighted by Crippen LogP contribution is 2.24. The SMILES string of the molecule is CCN(Cc1ccccn1)C(=O)c1ccc(O)cc1O. The number of hydrogen-bond acceptors (Lipinski definition) is 4. The minimum absolute atomic E-state index is 0.0770. The van der Waals surface area contributed by atoms with Gasteiger partial charge in [-0.3, -0.25) is 9.78 Å². The van der Waals surface area contributed by atoms with Gasteiger partial charge in [-0.05, 0) is 31.2 Å². The predicted molar refractivity (Wildman–Crippen MR) is 74.4 cm³/mol. The fourth-order valence-electron chi connectivity index (χ4n) is 1.89. The van der Waals surface area contributed by atoms with E-state index in [9.17, 15) is 15.0 Å². The van der Waals surface area contributed by atoms with Crippen LogP contribution in [-0.2, 0) is 6.54 Å². The van der Waals surface area contributed by atoms with E-state index >= 15 is 0 Å². The quantitative estimate of drug-likeness (QED) is 0.894. The normalized spacial score (nSPS) is 10.2. The molecule has 0 aliphatic carbocycles. The lowest BCUT2D eigenvalue weighted by Gasteiger charge is -2.21. The lowest BCUT2D eigenvalue weighted by atomic mass is 10.1. The minimum atomic E-state index is -0.296. The Morgan fingerprint density at radius 1 is 1.25 bits per heavy atom. The van der Waals surface area contributed by atoms with Gasteiger partial charge in [0.05, 0.1) is 17.8 Å². The molecule has 1 heterocycles. The number of amides is 1. The van der Waals surface area contributed by atoms with Crippen LogP contribution in [0.25, 0.3) is 0 Å². The molecule has 0 unspecified atom stereocenters. The molecule has 0 saturated heterocycles. The van der Waals surface area contributed by atoms with E-state index in [1.807, 2.05) is 25.1 Å². The van der Waals surface area contributed by atoms with Crippen LogP contribution < -0.4 is 0 Å². The molecular formula is C15H16N2O3. The third kappa shape index (κ3) is 3.06. The number of phenols is 2. The Morgan fingerprint density at radius 2 is 2.05 bits per heavy atom. The van der Waals surface area contributed by atoms with E-state index in [4.69, 9.17) is 0 Å². The molecule has 20 heavy (non-hydrogen) atoms. The Hall–Kier alpha value is -2.56. The number of nitrogens with zero attached hydrogens (tertiary/aromatic N) is 2. The highest BCUT2D eigenvalue weighted by molar-refractivity contribution is 5.97. The summed E-state index contributed by atoms with van der Waals surface area (Å²) in [6.07, 6.45) is 1.67. The summed E-state index contributed by atoms with van der Waals surface area (Å²) in [6.45, 7) is 2.73. The van der Waals surface area contributed by atoms with Crippen molar-refractivity contribution < 1.29 is 15.0 Å². The average molecular weight is 272 g/mol. The van der Waals surface area contributed by atoms with Gasteiger partial charge in [0.25, 0.3) is 5.91 Å². The summed E-state index contributed by atoms with van der Waals surface area (Å²) in [5.41, 5.74) is 0.946. The molecule has 0 aliphatic rings. The van der Waals surface area contributed by atoms with Crippen molar-refractivity contribution in [1.82, 2.24) is 9.88 Å². The van der Waals surface area contributed by atoms with Crippen molar-refractivity contribution >= 4 is 5.91 Å². The largest absolute Gasteiger partial charge is 0.508 e. The van der Waals surface area contributed by atoms with E-state index in [0.29, 0.717) is 13.1 Å². The van der Waals surface area contributed by atoms with Crippen molar-refractivity contribution in [2.24, 2.45) is 0 Å². The number of pyridine rings is 1. The average Bonchev–Trinajstić information content (AvgIpc) is 2.45. The molecule has 1 amide bonds. The van der Waals surface area contributed by atoms with Crippen molar-refractivity contribution in [2.45, 2.75) is 13.5 Å². The summed E-state index contributed by atoms with van der Waals surface area (Å²) < 4.78 is 0. The number of carbonyl (C=O) groups excluding carboxylic acids is 1. The molecule has 0 aliphatic heterocycles. The lowest BCUT2D eigenvalue weighted by Crippen LogP contribution is -2.30. The molecular weight excluding hydrogens is 256 g/mol. The Bertz CT molecular complexity index is 599. The zero-order valence-electron chi connectivity index (χ0n) is 11.2. The van der Waals surface area contributed by atoms with Crippen LogP contribution in [0.3, 0.4) is 0 Å². The molecule has 1 aromatic heterocycles. The molecule has 0 saturated carbocycles. The molecule has 0 atom stereocenters. The summed E-state index contributed by atoms with van der Waals surface area (Å²) in [4.78, 5) is 18.1. The lowest BCUT2D eigenvalue weighted by molar-refractivity contribution is 0.0747. The molecule has 104 valence electrons. The monoisotopic (exact) mass is 272 g/mol. The van der Waals surface area contributed by atoms with Crippen molar-refractivity contribution in [3.8, 4) is 11.5 Å². The van der Waals surface area contributed by atoms with Crippen LogP contribution in [0, 0.1) is 0 Å². The Labute approximate surface area is 117 Å². The van der Waals surface area contributed by atoms with Crippen LogP contribution in [0.5, 0.6) is 11.5 Å². The van der Waals surface area contributed by atoms with Gasteiger partial charge >= 0.3 is 0 Å². The summed E-state index contributed by atoms with van der Waals surface area (Å²) in [5, 5.41) is 19.0. The zero-order chi connectivity index (χ0) is 14.5. The molecule has 0 radical (unpaired) electrons. The van der Waals surface area contributed by atoms with Crippen LogP contribution in [-0.4, -0.2) is 32.5 Å². The minimum Gasteiger partial charge on any atom is -0.508 e. The molecule has 2 N–H and O–H groups in total. The fraction of sp³-hybridized carbons (Fsp3) is 0.200. The summed E-state index contributed by atoms with van der Waals surface area (Å²) in [5.74, 6) is -0.600. The van der Waals surface area contributed by atoms with Gasteiger partial charge in [-0.25, -0.2) is 0 Å². The number of aromatic nitrogens is 1. The van der Waals surface area contributed by atoms with Crippen molar-refractivity contribution in [2.75, 3.05) is 6.54 Å². The topological polar surface area (TPSA) is 73.7 Å². The number of aromatic hydroxyl groups is 2. The Kier molecular flexibility index (Phi) is 4.20. The number of benzene rings is 1. The van der Waals surface area contributed by atoms with E-state index in [1.54, 1.807) is 11.1 Å². The molecule has 2 aromatic rings. The van der Waals surface area contributed by atoms with E-state index in [-0.39, 0.29) is 23.0 Å². The summed E-state index contributed by atoms with van der Waals surface area (Å²) in [6, 6.07) is 9.45. The molecule has 5 nitrogen and oxygen atoms in total. The highest BCUT2D eigenvalue weighted by atomic mass is 16.3. The number of phenolic OH excluding ortho intramolecular Hbond substituents is 2. The zero-order valence-corrected chi connectivity index (χ0v) is 11.2. The number of hydrogen-bond donors (Lipinski definition) is 2. The van der Waals surface area contributed by atoms with Gasteiger partial charge in [0, 0.05) is 18.8 Å². The van der Waals surface area contributed by atoms with E-state index in [0.717, 1.165) is 11.8 Å². The standard InChI is InChI=1S/C15H16N2O3/c1-2-17(10-11-5-3-4-8-16-11)15(20)13-7-6-12(18)9-14(13)19/h3-9,18-19H,2,10H2,1H3. The second-order valence-electron chi connectivity index (χ2n) is 4.34. The molecule has 1 aromatic carbocycles. The van der Waals surface area contributed by atoms with Gasteiger partial charge in [0.1, 0.15) is 11.5 Å². The Morgan fingerprint density at radius 3 is 2.65 bits per heavy atom. The van der Waals surface area contributed by atoms with Gasteiger partial charge in [-0.1, -0.05) is 6.07 Å². The second-order valence-corrected chi connectivity index (χ2v) is 4.34. The van der Waals surface area contributed by atoms with E-state index in [2.05, 4.69) is 4.98 Å². The number of carbonyl (C=O) groups is 1. The van der Waals surface area contributed by atoms with Crippen LogP contribution in [0.4, 0.5) is 0 Å². The molecule has 2 rings (SSSR count). The number of rotatable bonds is 4. The maximum atomic E-state index is 12.4. The summed E-state index contributed by atoms with van der Waals surface area (Å²) >= 11 is 0. The van der Waals surface area contributed by atoms with Gasteiger partial charge in [-0.15, -0.1) is 0 Å². The fourth-order valence-corrected chi connectivity index (χ4v) is 1.89. The van der Waals surface area contributed by atoms with E-state index in [1.165, 1.54) is 12.1 Å². The molecule has 5 heteroatoms. The highest BCUT2D eigenvalue weighted by Gasteiger charge is 2.18.